The molecule has 0 bridgehead atoms. The van der Waals surface area contributed by atoms with E-state index in [1.807, 2.05) is 25.1 Å². The van der Waals surface area contributed by atoms with E-state index in [4.69, 9.17) is 4.74 Å². The van der Waals surface area contributed by atoms with E-state index in [2.05, 4.69) is 25.8 Å². The third-order valence-corrected chi connectivity index (χ3v) is 4.60. The van der Waals surface area contributed by atoms with Crippen LogP contribution in [0.15, 0.2) is 64.7 Å². The Morgan fingerprint density at radius 1 is 1.20 bits per heavy atom. The van der Waals surface area contributed by atoms with Crippen LogP contribution in [-0.2, 0) is 17.9 Å². The van der Waals surface area contributed by atoms with Gasteiger partial charge in [-0.2, -0.15) is 0 Å². The normalized spacial score (nSPS) is 14.6. The molecule has 0 N–H and O–H groups in total. The highest BCUT2D eigenvalue weighted by molar-refractivity contribution is 9.11. The number of hydrogen-bond acceptors (Lipinski definition) is 3. The van der Waals surface area contributed by atoms with Gasteiger partial charge in [-0.3, -0.25) is 4.98 Å². The highest BCUT2D eigenvalue weighted by Gasteiger charge is 2.18. The second-order valence-corrected chi connectivity index (χ2v) is 6.75. The summed E-state index contributed by atoms with van der Waals surface area (Å²) in [6.45, 7) is 3.47. The molecule has 0 amide bonds. The minimum Gasteiger partial charge on any atom is -0.488 e. The van der Waals surface area contributed by atoms with Crippen molar-refractivity contribution in [2.24, 2.45) is 0 Å². The van der Waals surface area contributed by atoms with Crippen molar-refractivity contribution in [2.45, 2.75) is 20.1 Å². The molecule has 0 unspecified atom stereocenters. The molecule has 0 radical (unpaired) electrons. The van der Waals surface area contributed by atoms with Crippen LogP contribution in [0.5, 0.6) is 0 Å². The Kier molecular flexibility index (Phi) is 5.48. The second-order valence-electron chi connectivity index (χ2n) is 5.79. The Hall–Kier alpha value is -2.21. The van der Waals surface area contributed by atoms with E-state index in [1.54, 1.807) is 12.4 Å². The molecule has 1 aliphatic rings. The molecule has 130 valence electrons. The Morgan fingerprint density at radius 3 is 2.68 bits per heavy atom. The van der Waals surface area contributed by atoms with Crippen molar-refractivity contribution in [2.75, 3.05) is 6.54 Å². The van der Waals surface area contributed by atoms with Gasteiger partial charge in [0.1, 0.15) is 24.0 Å². The Labute approximate surface area is 153 Å². The number of allylic oxidation sites excluding steroid dienone is 2. The third-order valence-electron chi connectivity index (χ3n) is 3.96. The first-order valence-electron chi connectivity index (χ1n) is 7.80. The van der Waals surface area contributed by atoms with Gasteiger partial charge in [0.15, 0.2) is 0 Å². The van der Waals surface area contributed by atoms with Gasteiger partial charge in [-0.25, -0.2) is 8.78 Å². The molecule has 0 fully saturated rings. The minimum atomic E-state index is -0.604. The lowest BCUT2D eigenvalue weighted by Crippen LogP contribution is -2.26. The SMILES string of the molecule is CC1=CC(OCc2ccc(F)cc2F)=C(Br)CN1Cc1ccncc1. The van der Waals surface area contributed by atoms with Crippen molar-refractivity contribution in [1.82, 2.24) is 9.88 Å². The molecule has 1 aromatic carbocycles. The highest BCUT2D eigenvalue weighted by Crippen LogP contribution is 2.27. The lowest BCUT2D eigenvalue weighted by atomic mass is 10.2. The molecule has 0 atom stereocenters. The predicted molar refractivity (Wildman–Crippen MR) is 95.5 cm³/mol. The molecule has 3 rings (SSSR count). The fourth-order valence-corrected chi connectivity index (χ4v) is 3.06. The molecule has 6 heteroatoms. The first kappa shape index (κ1) is 17.6. The van der Waals surface area contributed by atoms with Gasteiger partial charge in [0.25, 0.3) is 0 Å². The topological polar surface area (TPSA) is 25.4 Å². The van der Waals surface area contributed by atoms with Gasteiger partial charge in [0.05, 0.1) is 11.0 Å². The summed E-state index contributed by atoms with van der Waals surface area (Å²) < 4.78 is 33.3. The van der Waals surface area contributed by atoms with E-state index in [0.29, 0.717) is 17.9 Å². The molecular weight excluding hydrogens is 390 g/mol. The van der Waals surface area contributed by atoms with Crippen LogP contribution in [0.25, 0.3) is 0 Å². The Balaban J connectivity index is 1.66. The maximum Gasteiger partial charge on any atom is 0.133 e. The fourth-order valence-electron chi connectivity index (χ4n) is 2.53. The van der Waals surface area contributed by atoms with E-state index in [0.717, 1.165) is 22.8 Å². The predicted octanol–water partition coefficient (Wildman–Crippen LogP) is 4.90. The van der Waals surface area contributed by atoms with Crippen molar-refractivity contribution < 1.29 is 13.5 Å². The summed E-state index contributed by atoms with van der Waals surface area (Å²) in [6, 6.07) is 7.45. The molecule has 3 nitrogen and oxygen atoms in total. The zero-order valence-electron chi connectivity index (χ0n) is 13.7. The molecule has 0 saturated heterocycles. The number of rotatable bonds is 5. The van der Waals surface area contributed by atoms with Crippen LogP contribution in [0.3, 0.4) is 0 Å². The molecule has 0 aliphatic carbocycles. The van der Waals surface area contributed by atoms with Crippen LogP contribution in [-0.4, -0.2) is 16.4 Å². The van der Waals surface area contributed by atoms with Crippen molar-refractivity contribution in [1.29, 1.82) is 0 Å². The highest BCUT2D eigenvalue weighted by atomic mass is 79.9. The van der Waals surface area contributed by atoms with Gasteiger partial charge in [0, 0.05) is 36.3 Å². The first-order chi connectivity index (χ1) is 12.0. The van der Waals surface area contributed by atoms with Crippen molar-refractivity contribution in [3.8, 4) is 0 Å². The zero-order valence-corrected chi connectivity index (χ0v) is 15.3. The average Bonchev–Trinajstić information content (AvgIpc) is 2.59. The van der Waals surface area contributed by atoms with Crippen LogP contribution in [0, 0.1) is 11.6 Å². The van der Waals surface area contributed by atoms with E-state index in [9.17, 15) is 8.78 Å². The van der Waals surface area contributed by atoms with E-state index in [-0.39, 0.29) is 6.61 Å². The van der Waals surface area contributed by atoms with Gasteiger partial charge >= 0.3 is 0 Å². The molecule has 2 heterocycles. The summed E-state index contributed by atoms with van der Waals surface area (Å²) in [5.74, 6) is -0.540. The number of benzene rings is 1. The van der Waals surface area contributed by atoms with Crippen LogP contribution in [0.2, 0.25) is 0 Å². The Bertz CT molecular complexity index is 821. The maximum absolute atomic E-state index is 13.7. The quantitative estimate of drug-likeness (QED) is 0.705. The third kappa shape index (κ3) is 4.45. The number of halogens is 3. The molecule has 1 aromatic heterocycles. The van der Waals surface area contributed by atoms with Crippen molar-refractivity contribution in [3.63, 3.8) is 0 Å². The van der Waals surface area contributed by atoms with Crippen molar-refractivity contribution in [3.05, 3.63) is 87.5 Å². The molecule has 0 saturated carbocycles. The first-order valence-corrected chi connectivity index (χ1v) is 8.60. The van der Waals surface area contributed by atoms with Crippen LogP contribution >= 0.6 is 15.9 Å². The smallest absolute Gasteiger partial charge is 0.133 e. The number of hydrogen-bond donors (Lipinski definition) is 0. The van der Waals surface area contributed by atoms with Crippen LogP contribution in [0.1, 0.15) is 18.1 Å². The Morgan fingerprint density at radius 2 is 1.96 bits per heavy atom. The largest absolute Gasteiger partial charge is 0.488 e. The molecule has 2 aromatic rings. The molecular formula is C19H17BrF2N2O. The van der Waals surface area contributed by atoms with E-state index < -0.39 is 11.6 Å². The summed E-state index contributed by atoms with van der Waals surface area (Å²) in [4.78, 5) is 6.22. The van der Waals surface area contributed by atoms with E-state index >= 15 is 0 Å². The summed E-state index contributed by atoms with van der Waals surface area (Å²) >= 11 is 3.54. The molecule has 0 spiro atoms. The number of pyridine rings is 1. The lowest BCUT2D eigenvalue weighted by Gasteiger charge is -2.30. The van der Waals surface area contributed by atoms with Crippen molar-refractivity contribution >= 4 is 15.9 Å². The van der Waals surface area contributed by atoms with E-state index in [1.165, 1.54) is 17.7 Å². The lowest BCUT2D eigenvalue weighted by molar-refractivity contribution is 0.197. The summed E-state index contributed by atoms with van der Waals surface area (Å²) in [5.41, 5.74) is 2.54. The monoisotopic (exact) mass is 406 g/mol. The standard InChI is InChI=1S/C19H17BrF2N2O/c1-13-8-19(25-12-15-2-3-16(21)9-18(15)22)17(20)11-24(13)10-14-4-6-23-7-5-14/h2-9H,10-12H2,1H3. The second kappa shape index (κ2) is 7.78. The van der Waals surface area contributed by atoms with Crippen LogP contribution < -0.4 is 0 Å². The van der Waals surface area contributed by atoms with Gasteiger partial charge in [-0.15, -0.1) is 0 Å². The van der Waals surface area contributed by atoms with Gasteiger partial charge in [0.2, 0.25) is 0 Å². The van der Waals surface area contributed by atoms with Gasteiger partial charge in [-0.05, 0) is 58.8 Å². The number of aromatic nitrogens is 1. The minimum absolute atomic E-state index is 0.0463. The summed E-state index contributed by atoms with van der Waals surface area (Å²) in [5, 5.41) is 0. The van der Waals surface area contributed by atoms with Gasteiger partial charge in [-0.1, -0.05) is 0 Å². The number of nitrogens with zero attached hydrogens (tertiary/aromatic N) is 2. The fraction of sp³-hybridized carbons (Fsp3) is 0.211. The van der Waals surface area contributed by atoms with Crippen LogP contribution in [0.4, 0.5) is 8.78 Å². The molecule has 1 aliphatic heterocycles. The average molecular weight is 407 g/mol. The molecule has 25 heavy (non-hydrogen) atoms. The zero-order chi connectivity index (χ0) is 17.8. The number of ether oxygens (including phenoxy) is 1. The van der Waals surface area contributed by atoms with Gasteiger partial charge < -0.3 is 9.64 Å². The summed E-state index contributed by atoms with van der Waals surface area (Å²) in [6.07, 6.45) is 5.46. The summed E-state index contributed by atoms with van der Waals surface area (Å²) in [7, 11) is 0. The maximum atomic E-state index is 13.7.